The second kappa shape index (κ2) is 6.18. The molecule has 0 aliphatic heterocycles. The van der Waals surface area contributed by atoms with Gasteiger partial charge in [-0.1, -0.05) is 0 Å². The van der Waals surface area contributed by atoms with Crippen LogP contribution in [0.2, 0.25) is 0 Å². The van der Waals surface area contributed by atoms with Crippen LogP contribution in [0.1, 0.15) is 0 Å². The number of carbonyl (C=O) groups is 1. The minimum Gasteiger partial charge on any atom is -0.481 e. The van der Waals surface area contributed by atoms with Crippen molar-refractivity contribution in [2.45, 2.75) is 4.90 Å². The number of methoxy groups -OCH3 is 1. The smallest absolute Gasteiger partial charge is 0.263 e. The van der Waals surface area contributed by atoms with Gasteiger partial charge in [0.2, 0.25) is 12.3 Å². The van der Waals surface area contributed by atoms with Gasteiger partial charge in [-0.15, -0.1) is 0 Å². The van der Waals surface area contributed by atoms with Crippen molar-refractivity contribution in [1.82, 2.24) is 9.97 Å². The van der Waals surface area contributed by atoms with E-state index in [1.807, 2.05) is 0 Å². The van der Waals surface area contributed by atoms with Crippen LogP contribution in [-0.2, 0) is 14.8 Å². The number of carbonyl (C=O) groups excluding carboxylic acids is 1. The van der Waals surface area contributed by atoms with Crippen molar-refractivity contribution < 1.29 is 17.9 Å². The van der Waals surface area contributed by atoms with Crippen LogP contribution in [0.25, 0.3) is 0 Å². The maximum Gasteiger partial charge on any atom is 0.263 e. The van der Waals surface area contributed by atoms with Gasteiger partial charge in [-0.05, 0) is 24.3 Å². The number of nitrogens with zero attached hydrogens (tertiary/aromatic N) is 2. The van der Waals surface area contributed by atoms with E-state index < -0.39 is 10.0 Å². The molecule has 0 saturated carbocycles. The van der Waals surface area contributed by atoms with Gasteiger partial charge in [0.05, 0.1) is 12.0 Å². The molecule has 1 aromatic carbocycles. The number of hydrogen-bond donors (Lipinski definition) is 2. The van der Waals surface area contributed by atoms with Gasteiger partial charge >= 0.3 is 0 Å². The summed E-state index contributed by atoms with van der Waals surface area (Å²) >= 11 is 0. The first-order valence-electron chi connectivity index (χ1n) is 5.74. The molecule has 1 amide bonds. The molecule has 110 valence electrons. The number of benzene rings is 1. The van der Waals surface area contributed by atoms with E-state index in [9.17, 15) is 13.2 Å². The summed E-state index contributed by atoms with van der Waals surface area (Å²) in [5, 5.41) is 2.42. The Balaban J connectivity index is 2.22. The van der Waals surface area contributed by atoms with Crippen molar-refractivity contribution in [2.75, 3.05) is 17.1 Å². The Labute approximate surface area is 121 Å². The molecule has 0 fully saturated rings. The van der Waals surface area contributed by atoms with Crippen LogP contribution in [-0.4, -0.2) is 31.9 Å². The zero-order valence-electron chi connectivity index (χ0n) is 11.0. The molecule has 1 heterocycles. The summed E-state index contributed by atoms with van der Waals surface area (Å²) < 4.78 is 31.5. The molecule has 0 saturated heterocycles. The van der Waals surface area contributed by atoms with Gasteiger partial charge in [-0.3, -0.25) is 9.52 Å². The molecule has 0 aliphatic rings. The fourth-order valence-corrected chi connectivity index (χ4v) is 2.50. The highest BCUT2D eigenvalue weighted by Crippen LogP contribution is 2.18. The normalized spacial score (nSPS) is 10.7. The SMILES string of the molecule is COc1cc(NS(=O)(=O)c2ccc(NC=O)cc2)ncn1. The largest absolute Gasteiger partial charge is 0.481 e. The Hall–Kier alpha value is -2.68. The molecule has 2 aromatic rings. The summed E-state index contributed by atoms with van der Waals surface area (Å²) in [4.78, 5) is 17.9. The van der Waals surface area contributed by atoms with Crippen molar-refractivity contribution in [2.24, 2.45) is 0 Å². The highest BCUT2D eigenvalue weighted by atomic mass is 32.2. The van der Waals surface area contributed by atoms with E-state index in [0.717, 1.165) is 0 Å². The van der Waals surface area contributed by atoms with Crippen LogP contribution in [0.5, 0.6) is 5.88 Å². The van der Waals surface area contributed by atoms with Gasteiger partial charge in [0.25, 0.3) is 10.0 Å². The minimum absolute atomic E-state index is 0.0385. The molecule has 9 heteroatoms. The lowest BCUT2D eigenvalue weighted by Crippen LogP contribution is -2.14. The summed E-state index contributed by atoms with van der Waals surface area (Å²) in [6, 6.07) is 7.05. The summed E-state index contributed by atoms with van der Waals surface area (Å²) in [6.45, 7) is 0. The minimum atomic E-state index is -3.78. The van der Waals surface area contributed by atoms with Gasteiger partial charge in [-0.25, -0.2) is 18.4 Å². The third-order valence-electron chi connectivity index (χ3n) is 2.48. The lowest BCUT2D eigenvalue weighted by atomic mass is 10.3. The van der Waals surface area contributed by atoms with Gasteiger partial charge in [-0.2, -0.15) is 0 Å². The fraction of sp³-hybridized carbons (Fsp3) is 0.0833. The van der Waals surface area contributed by atoms with Gasteiger partial charge < -0.3 is 10.1 Å². The second-order valence-corrected chi connectivity index (χ2v) is 5.52. The summed E-state index contributed by atoms with van der Waals surface area (Å²) in [6.07, 6.45) is 1.70. The maximum atomic E-state index is 12.2. The Morgan fingerprint density at radius 1 is 1.19 bits per heavy atom. The van der Waals surface area contributed by atoms with Gasteiger partial charge in [0.15, 0.2) is 0 Å². The average molecular weight is 308 g/mol. The molecule has 0 radical (unpaired) electrons. The molecule has 2 N–H and O–H groups in total. The number of ether oxygens (including phenoxy) is 1. The van der Waals surface area contributed by atoms with Crippen LogP contribution in [0.4, 0.5) is 11.5 Å². The lowest BCUT2D eigenvalue weighted by molar-refractivity contribution is -0.105. The molecule has 8 nitrogen and oxygen atoms in total. The maximum absolute atomic E-state index is 12.2. The van der Waals surface area contributed by atoms with Crippen LogP contribution in [0.15, 0.2) is 41.6 Å². The van der Waals surface area contributed by atoms with Crippen LogP contribution in [0.3, 0.4) is 0 Å². The first-order valence-corrected chi connectivity index (χ1v) is 7.22. The zero-order chi connectivity index (χ0) is 15.3. The predicted octanol–water partition coefficient (Wildman–Crippen LogP) is 0.854. The molecule has 0 atom stereocenters. The first-order chi connectivity index (χ1) is 10.0. The lowest BCUT2D eigenvalue weighted by Gasteiger charge is -2.08. The number of hydrogen-bond acceptors (Lipinski definition) is 6. The monoisotopic (exact) mass is 308 g/mol. The predicted molar refractivity (Wildman–Crippen MR) is 75.5 cm³/mol. The Morgan fingerprint density at radius 3 is 2.52 bits per heavy atom. The number of anilines is 2. The Morgan fingerprint density at radius 2 is 1.90 bits per heavy atom. The van der Waals surface area contributed by atoms with Crippen molar-refractivity contribution in [1.29, 1.82) is 0 Å². The number of nitrogens with one attached hydrogen (secondary N) is 2. The molecule has 0 spiro atoms. The third kappa shape index (κ3) is 3.66. The first kappa shape index (κ1) is 14.7. The van der Waals surface area contributed by atoms with Crippen molar-refractivity contribution >= 4 is 27.9 Å². The standard InChI is InChI=1S/C12H12N4O4S/c1-20-12-6-11(13-7-14-12)16-21(18,19)10-4-2-9(3-5-10)15-8-17/h2-8H,1H3,(H,15,17)(H,13,14,16). The van der Waals surface area contributed by atoms with E-state index in [4.69, 9.17) is 4.74 Å². The molecule has 1 aromatic heterocycles. The van der Waals surface area contributed by atoms with Crippen molar-refractivity contribution in [3.63, 3.8) is 0 Å². The quantitative estimate of drug-likeness (QED) is 0.766. The molecular weight excluding hydrogens is 296 g/mol. The van der Waals surface area contributed by atoms with Gasteiger partial charge in [0.1, 0.15) is 12.1 Å². The summed E-state index contributed by atoms with van der Waals surface area (Å²) in [5.74, 6) is 0.338. The summed E-state index contributed by atoms with van der Waals surface area (Å²) in [7, 11) is -2.37. The Bertz CT molecular complexity index is 731. The molecule has 0 bridgehead atoms. The molecule has 21 heavy (non-hydrogen) atoms. The third-order valence-corrected chi connectivity index (χ3v) is 3.85. The fourth-order valence-electron chi connectivity index (χ4n) is 1.50. The van der Waals surface area contributed by atoms with Gasteiger partial charge in [0, 0.05) is 11.8 Å². The zero-order valence-corrected chi connectivity index (χ0v) is 11.8. The second-order valence-electron chi connectivity index (χ2n) is 3.84. The van der Waals surface area contributed by atoms with Crippen molar-refractivity contribution in [3.05, 3.63) is 36.7 Å². The number of aromatic nitrogens is 2. The number of amides is 1. The molecule has 2 rings (SSSR count). The molecule has 0 unspecified atom stereocenters. The van der Waals surface area contributed by atoms with E-state index in [-0.39, 0.29) is 16.6 Å². The van der Waals surface area contributed by atoms with E-state index in [1.165, 1.54) is 43.8 Å². The van der Waals surface area contributed by atoms with Crippen molar-refractivity contribution in [3.8, 4) is 5.88 Å². The topological polar surface area (TPSA) is 110 Å². The van der Waals surface area contributed by atoms with Crippen LogP contribution in [0, 0.1) is 0 Å². The Kier molecular flexibility index (Phi) is 4.33. The van der Waals surface area contributed by atoms with E-state index in [0.29, 0.717) is 12.1 Å². The number of rotatable bonds is 6. The molecular formula is C12H12N4O4S. The van der Waals surface area contributed by atoms with E-state index >= 15 is 0 Å². The molecule has 0 aliphatic carbocycles. The van der Waals surface area contributed by atoms with E-state index in [2.05, 4.69) is 20.0 Å². The summed E-state index contributed by atoms with van der Waals surface area (Å²) in [5.41, 5.74) is 0.493. The highest BCUT2D eigenvalue weighted by Gasteiger charge is 2.15. The number of sulfonamides is 1. The van der Waals surface area contributed by atoms with Crippen LogP contribution < -0.4 is 14.8 Å². The van der Waals surface area contributed by atoms with E-state index in [1.54, 1.807) is 0 Å². The highest BCUT2D eigenvalue weighted by molar-refractivity contribution is 7.92. The van der Waals surface area contributed by atoms with Crippen LogP contribution >= 0.6 is 0 Å². The average Bonchev–Trinajstić information content (AvgIpc) is 2.48.